The van der Waals surface area contributed by atoms with Crippen LogP contribution in [0.15, 0.2) is 57.5 Å². The van der Waals surface area contributed by atoms with E-state index in [0.29, 0.717) is 18.6 Å². The molecule has 0 saturated carbocycles. The molecule has 2 aromatic carbocycles. The predicted octanol–water partition coefficient (Wildman–Crippen LogP) is 5.98. The van der Waals surface area contributed by atoms with Crippen LogP contribution in [0, 0.1) is 12.3 Å². The minimum atomic E-state index is -3.77. The Morgan fingerprint density at radius 2 is 1.75 bits per heavy atom. The van der Waals surface area contributed by atoms with E-state index in [9.17, 15) is 13.2 Å². The number of ether oxygens (including phenoxy) is 1. The van der Waals surface area contributed by atoms with Crippen molar-refractivity contribution < 1.29 is 17.9 Å². The number of carbonyl (C=O) groups excluding carboxylic acids is 1. The molecule has 0 unspecified atom stereocenters. The van der Waals surface area contributed by atoms with Crippen molar-refractivity contribution in [3.05, 3.63) is 69.8 Å². The van der Waals surface area contributed by atoms with Crippen LogP contribution in [0.2, 0.25) is 0 Å². The number of fused-ring (bicyclic) bond motifs is 1. The molecule has 2 aliphatic carbocycles. The highest BCUT2D eigenvalue weighted by atomic mass is 32.2. The highest BCUT2D eigenvalue weighted by Gasteiger charge is 2.35. The molecule has 0 aromatic heterocycles. The standard InChI is InChI=1S/C29H36N2O4S/c1-18(2)24-15-21-9-12-26-25(16-22(21)17-28(24)35-20(4)32)27(13-14-29(26,5)6)30-31-36(33,34)23-10-7-19(3)8-11-23/h7-8,10-11,15,17-18,31H,9,12-14,16H2,1-6H3/b30-27+. The third kappa shape index (κ3) is 5.41. The van der Waals surface area contributed by atoms with Crippen molar-refractivity contribution in [2.45, 2.75) is 84.5 Å². The Kier molecular flexibility index (Phi) is 7.15. The quantitative estimate of drug-likeness (QED) is 0.306. The van der Waals surface area contributed by atoms with Gasteiger partial charge in [-0.2, -0.15) is 18.4 Å². The molecule has 0 bridgehead atoms. The number of nitrogens with zero attached hydrogens (tertiary/aromatic N) is 1. The molecular formula is C29H36N2O4S. The largest absolute Gasteiger partial charge is 0.426 e. The lowest BCUT2D eigenvalue weighted by Gasteiger charge is -2.35. The number of sulfonamides is 1. The first-order valence-corrected chi connectivity index (χ1v) is 14.1. The summed E-state index contributed by atoms with van der Waals surface area (Å²) < 4.78 is 31.4. The van der Waals surface area contributed by atoms with Crippen LogP contribution in [0.3, 0.4) is 0 Å². The van der Waals surface area contributed by atoms with E-state index < -0.39 is 10.0 Å². The third-order valence-corrected chi connectivity index (χ3v) is 8.59. The van der Waals surface area contributed by atoms with Gasteiger partial charge in [0.15, 0.2) is 0 Å². The van der Waals surface area contributed by atoms with Gasteiger partial charge < -0.3 is 4.74 Å². The SMILES string of the molecule is CC(=O)Oc1cc2c(cc1C(C)C)CCC1=C(C2)/C(=N/NS(=O)(=O)c2ccc(C)cc2)CCC1(C)C. The Labute approximate surface area is 214 Å². The molecule has 7 heteroatoms. The lowest BCUT2D eigenvalue weighted by molar-refractivity contribution is -0.131. The van der Waals surface area contributed by atoms with Gasteiger partial charge in [0, 0.05) is 6.92 Å². The fraction of sp³-hybridized carbons (Fsp3) is 0.448. The summed E-state index contributed by atoms with van der Waals surface area (Å²) in [4.78, 5) is 14.5. The fourth-order valence-electron chi connectivity index (χ4n) is 5.25. The van der Waals surface area contributed by atoms with Crippen LogP contribution < -0.4 is 9.57 Å². The molecule has 0 radical (unpaired) electrons. The smallest absolute Gasteiger partial charge is 0.308 e. The van der Waals surface area contributed by atoms with Crippen LogP contribution in [0.5, 0.6) is 5.75 Å². The summed E-state index contributed by atoms with van der Waals surface area (Å²) >= 11 is 0. The molecule has 2 aromatic rings. The second-order valence-electron chi connectivity index (χ2n) is 10.9. The zero-order chi connectivity index (χ0) is 26.3. The summed E-state index contributed by atoms with van der Waals surface area (Å²) in [7, 11) is -3.77. The van der Waals surface area contributed by atoms with Gasteiger partial charge in [0.2, 0.25) is 0 Å². The average molecular weight is 509 g/mol. The number of benzene rings is 2. The molecule has 0 aliphatic heterocycles. The molecule has 4 rings (SSSR count). The van der Waals surface area contributed by atoms with Gasteiger partial charge in [-0.1, -0.05) is 57.0 Å². The highest BCUT2D eigenvalue weighted by Crippen LogP contribution is 2.45. The molecule has 0 amide bonds. The molecule has 2 aliphatic rings. The topological polar surface area (TPSA) is 84.8 Å². The van der Waals surface area contributed by atoms with Gasteiger partial charge in [-0.25, -0.2) is 0 Å². The van der Waals surface area contributed by atoms with Crippen molar-refractivity contribution in [3.8, 4) is 5.75 Å². The molecule has 0 heterocycles. The van der Waals surface area contributed by atoms with E-state index >= 15 is 0 Å². The zero-order valence-corrected chi connectivity index (χ0v) is 22.9. The number of hydrazone groups is 1. The summed E-state index contributed by atoms with van der Waals surface area (Å²) in [5.74, 6) is 0.492. The lowest BCUT2D eigenvalue weighted by atomic mass is 9.70. The number of esters is 1. The zero-order valence-electron chi connectivity index (χ0n) is 22.1. The Morgan fingerprint density at radius 3 is 2.39 bits per heavy atom. The Bertz CT molecular complexity index is 1350. The molecule has 6 nitrogen and oxygen atoms in total. The van der Waals surface area contributed by atoms with E-state index in [1.807, 2.05) is 13.0 Å². The van der Waals surface area contributed by atoms with E-state index in [-0.39, 0.29) is 22.2 Å². The molecule has 0 spiro atoms. The normalized spacial score (nSPS) is 18.5. The third-order valence-electron chi connectivity index (χ3n) is 7.37. The molecule has 0 saturated heterocycles. The van der Waals surface area contributed by atoms with Gasteiger partial charge in [0.05, 0.1) is 10.6 Å². The first-order valence-electron chi connectivity index (χ1n) is 12.6. The van der Waals surface area contributed by atoms with Crippen molar-refractivity contribution in [1.29, 1.82) is 0 Å². The van der Waals surface area contributed by atoms with Crippen molar-refractivity contribution in [2.24, 2.45) is 10.5 Å². The summed E-state index contributed by atoms with van der Waals surface area (Å²) in [6.45, 7) is 12.1. The van der Waals surface area contributed by atoms with E-state index in [1.54, 1.807) is 24.3 Å². The Hall–Kier alpha value is -2.93. The number of rotatable bonds is 5. The van der Waals surface area contributed by atoms with Gasteiger partial charge in [-0.3, -0.25) is 4.79 Å². The van der Waals surface area contributed by atoms with Crippen molar-refractivity contribution in [2.75, 3.05) is 0 Å². The van der Waals surface area contributed by atoms with Crippen LogP contribution in [-0.2, 0) is 27.7 Å². The predicted molar refractivity (Wildman–Crippen MR) is 143 cm³/mol. The summed E-state index contributed by atoms with van der Waals surface area (Å²) in [5, 5.41) is 4.47. The first kappa shape index (κ1) is 26.1. The van der Waals surface area contributed by atoms with Crippen molar-refractivity contribution in [1.82, 2.24) is 4.83 Å². The summed E-state index contributed by atoms with van der Waals surface area (Å²) in [6.07, 6.45) is 4.01. The molecule has 1 N–H and O–H groups in total. The second kappa shape index (κ2) is 9.85. The lowest BCUT2D eigenvalue weighted by Crippen LogP contribution is -2.29. The van der Waals surface area contributed by atoms with E-state index in [4.69, 9.17) is 4.74 Å². The van der Waals surface area contributed by atoms with Crippen LogP contribution >= 0.6 is 0 Å². The van der Waals surface area contributed by atoms with Gasteiger partial charge in [-0.05, 0) is 90.8 Å². The molecule has 36 heavy (non-hydrogen) atoms. The number of hydrogen-bond donors (Lipinski definition) is 1. The molecular weight excluding hydrogens is 472 g/mol. The van der Waals surface area contributed by atoms with Gasteiger partial charge in [-0.15, -0.1) is 0 Å². The van der Waals surface area contributed by atoms with E-state index in [0.717, 1.165) is 47.2 Å². The second-order valence-corrected chi connectivity index (χ2v) is 12.6. The minimum absolute atomic E-state index is 0.00577. The summed E-state index contributed by atoms with van der Waals surface area (Å²) in [6, 6.07) is 10.9. The average Bonchev–Trinajstić information content (AvgIpc) is 2.98. The highest BCUT2D eigenvalue weighted by molar-refractivity contribution is 7.89. The van der Waals surface area contributed by atoms with E-state index in [1.165, 1.54) is 18.1 Å². The number of carbonyl (C=O) groups is 1. The van der Waals surface area contributed by atoms with Gasteiger partial charge in [0.1, 0.15) is 5.75 Å². The molecule has 0 atom stereocenters. The molecule has 192 valence electrons. The number of aryl methyl sites for hydroxylation is 2. The van der Waals surface area contributed by atoms with E-state index in [2.05, 4.69) is 43.7 Å². The summed E-state index contributed by atoms with van der Waals surface area (Å²) in [5.41, 5.74) is 7.60. The monoisotopic (exact) mass is 508 g/mol. The minimum Gasteiger partial charge on any atom is -0.426 e. The Balaban J connectivity index is 1.73. The van der Waals surface area contributed by atoms with Crippen molar-refractivity contribution >= 4 is 21.7 Å². The maximum absolute atomic E-state index is 12.9. The number of nitrogens with one attached hydrogen (secondary N) is 1. The molecule has 0 fully saturated rings. The fourth-order valence-corrected chi connectivity index (χ4v) is 6.08. The van der Waals surface area contributed by atoms with Gasteiger partial charge in [0.25, 0.3) is 10.0 Å². The number of hydrogen-bond acceptors (Lipinski definition) is 5. The number of allylic oxidation sites excluding steroid dienone is 2. The van der Waals surface area contributed by atoms with Crippen LogP contribution in [0.4, 0.5) is 0 Å². The van der Waals surface area contributed by atoms with Gasteiger partial charge >= 0.3 is 5.97 Å². The Morgan fingerprint density at radius 1 is 1.06 bits per heavy atom. The maximum atomic E-state index is 12.9. The first-order chi connectivity index (χ1) is 16.9. The van der Waals surface area contributed by atoms with Crippen LogP contribution in [0.1, 0.15) is 82.1 Å². The maximum Gasteiger partial charge on any atom is 0.308 e. The van der Waals surface area contributed by atoms with Crippen LogP contribution in [-0.4, -0.2) is 20.1 Å². The van der Waals surface area contributed by atoms with Crippen LogP contribution in [0.25, 0.3) is 0 Å². The van der Waals surface area contributed by atoms with Crippen molar-refractivity contribution in [3.63, 3.8) is 0 Å².